The molecule has 104 valence electrons. The van der Waals surface area contributed by atoms with Gasteiger partial charge in [-0.3, -0.25) is 4.79 Å². The van der Waals surface area contributed by atoms with Gasteiger partial charge in [-0.05, 0) is 30.3 Å². The second kappa shape index (κ2) is 5.34. The predicted molar refractivity (Wildman–Crippen MR) is 75.6 cm³/mol. The van der Waals surface area contributed by atoms with E-state index in [1.807, 2.05) is 0 Å². The standard InChI is InChI=1S/C14H13NO4S/c1-20(18,19)11-6-4-5-10(9-11)14(17)15-12-7-2-3-8-13(12)16/h2-9,16H,1H3,(H,15,17). The monoisotopic (exact) mass is 291 g/mol. The van der Waals surface area contributed by atoms with Gasteiger partial charge in [-0.2, -0.15) is 0 Å². The number of anilines is 1. The molecule has 0 bridgehead atoms. The predicted octanol–water partition coefficient (Wildman–Crippen LogP) is 2.05. The van der Waals surface area contributed by atoms with Gasteiger partial charge in [0.1, 0.15) is 5.75 Å². The van der Waals surface area contributed by atoms with Crippen molar-refractivity contribution in [1.29, 1.82) is 0 Å². The smallest absolute Gasteiger partial charge is 0.255 e. The normalized spacial score (nSPS) is 11.1. The van der Waals surface area contributed by atoms with E-state index in [1.54, 1.807) is 18.2 Å². The third kappa shape index (κ3) is 3.16. The number of phenolic OH excluding ortho intramolecular Hbond substituents is 1. The van der Waals surface area contributed by atoms with E-state index in [0.29, 0.717) is 0 Å². The Morgan fingerprint density at radius 2 is 1.80 bits per heavy atom. The molecule has 2 rings (SSSR count). The summed E-state index contributed by atoms with van der Waals surface area (Å²) in [6, 6.07) is 12.0. The third-order valence-electron chi connectivity index (χ3n) is 2.68. The number of rotatable bonds is 3. The molecule has 0 aliphatic carbocycles. The lowest BCUT2D eigenvalue weighted by Gasteiger charge is -2.07. The summed E-state index contributed by atoms with van der Waals surface area (Å²) in [4.78, 5) is 12.1. The van der Waals surface area contributed by atoms with Crippen LogP contribution in [0.25, 0.3) is 0 Å². The van der Waals surface area contributed by atoms with Crippen molar-refractivity contribution in [2.24, 2.45) is 0 Å². The number of hydrogen-bond acceptors (Lipinski definition) is 4. The van der Waals surface area contributed by atoms with Gasteiger partial charge in [-0.1, -0.05) is 18.2 Å². The zero-order valence-corrected chi connectivity index (χ0v) is 11.5. The Balaban J connectivity index is 2.29. The second-order valence-corrected chi connectivity index (χ2v) is 6.29. The lowest BCUT2D eigenvalue weighted by Crippen LogP contribution is -2.12. The van der Waals surface area contributed by atoms with E-state index in [4.69, 9.17) is 0 Å². The molecule has 0 saturated heterocycles. The van der Waals surface area contributed by atoms with Crippen LogP contribution in [0, 0.1) is 0 Å². The number of sulfone groups is 1. The SMILES string of the molecule is CS(=O)(=O)c1cccc(C(=O)Nc2ccccc2O)c1. The summed E-state index contributed by atoms with van der Waals surface area (Å²) in [5.41, 5.74) is 0.471. The fourth-order valence-electron chi connectivity index (χ4n) is 1.64. The number of para-hydroxylation sites is 2. The van der Waals surface area contributed by atoms with E-state index >= 15 is 0 Å². The summed E-state index contributed by atoms with van der Waals surface area (Å²) >= 11 is 0. The summed E-state index contributed by atoms with van der Waals surface area (Å²) in [7, 11) is -3.37. The van der Waals surface area contributed by atoms with Crippen LogP contribution in [0.4, 0.5) is 5.69 Å². The quantitative estimate of drug-likeness (QED) is 0.848. The highest BCUT2D eigenvalue weighted by Crippen LogP contribution is 2.22. The van der Waals surface area contributed by atoms with E-state index in [9.17, 15) is 18.3 Å². The van der Waals surface area contributed by atoms with Crippen LogP contribution in [0.3, 0.4) is 0 Å². The molecule has 0 radical (unpaired) electrons. The van der Waals surface area contributed by atoms with Gasteiger partial charge in [-0.15, -0.1) is 0 Å². The molecule has 0 fully saturated rings. The molecule has 0 aromatic heterocycles. The maximum atomic E-state index is 12.0. The van der Waals surface area contributed by atoms with Crippen molar-refractivity contribution in [3.05, 3.63) is 54.1 Å². The Kier molecular flexibility index (Phi) is 3.76. The number of aromatic hydroxyl groups is 1. The number of benzene rings is 2. The van der Waals surface area contributed by atoms with E-state index in [0.717, 1.165) is 6.26 Å². The van der Waals surface area contributed by atoms with Gasteiger partial charge in [0, 0.05) is 11.8 Å². The van der Waals surface area contributed by atoms with Gasteiger partial charge in [-0.25, -0.2) is 8.42 Å². The van der Waals surface area contributed by atoms with Crippen molar-refractivity contribution in [3.8, 4) is 5.75 Å². The molecule has 0 atom stereocenters. The molecule has 0 saturated carbocycles. The first-order valence-corrected chi connectivity index (χ1v) is 7.66. The number of carbonyl (C=O) groups is 1. The van der Waals surface area contributed by atoms with Crippen molar-refractivity contribution >= 4 is 21.4 Å². The van der Waals surface area contributed by atoms with Crippen molar-refractivity contribution in [2.75, 3.05) is 11.6 Å². The van der Waals surface area contributed by atoms with Crippen LogP contribution in [-0.4, -0.2) is 25.7 Å². The lowest BCUT2D eigenvalue weighted by molar-refractivity contribution is 0.102. The Hall–Kier alpha value is -2.34. The summed E-state index contributed by atoms with van der Waals surface area (Å²) in [5.74, 6) is -0.544. The fraction of sp³-hybridized carbons (Fsp3) is 0.0714. The fourth-order valence-corrected chi connectivity index (χ4v) is 2.31. The van der Waals surface area contributed by atoms with E-state index in [-0.39, 0.29) is 21.9 Å². The summed E-state index contributed by atoms with van der Waals surface area (Å²) in [5, 5.41) is 12.1. The van der Waals surface area contributed by atoms with Gasteiger partial charge < -0.3 is 10.4 Å². The Morgan fingerprint density at radius 1 is 1.10 bits per heavy atom. The second-order valence-electron chi connectivity index (χ2n) is 4.27. The molecular weight excluding hydrogens is 278 g/mol. The van der Waals surface area contributed by atoms with Crippen molar-refractivity contribution in [2.45, 2.75) is 4.90 Å². The average Bonchev–Trinajstić information content (AvgIpc) is 2.40. The molecule has 0 heterocycles. The topological polar surface area (TPSA) is 83.5 Å². The van der Waals surface area contributed by atoms with Crippen molar-refractivity contribution in [3.63, 3.8) is 0 Å². The third-order valence-corrected chi connectivity index (χ3v) is 3.79. The van der Waals surface area contributed by atoms with Gasteiger partial charge in [0.25, 0.3) is 5.91 Å². The summed E-state index contributed by atoms with van der Waals surface area (Å²) in [6.45, 7) is 0. The van der Waals surface area contributed by atoms with Crippen molar-refractivity contribution < 1.29 is 18.3 Å². The minimum absolute atomic E-state index is 0.0554. The van der Waals surface area contributed by atoms with Crippen molar-refractivity contribution in [1.82, 2.24) is 0 Å². The van der Waals surface area contributed by atoms with Gasteiger partial charge >= 0.3 is 0 Å². The van der Waals surface area contributed by atoms with Crippen LogP contribution < -0.4 is 5.32 Å². The highest BCUT2D eigenvalue weighted by atomic mass is 32.2. The number of carbonyl (C=O) groups excluding carboxylic acids is 1. The molecule has 0 aliphatic heterocycles. The molecule has 6 heteroatoms. The van der Waals surface area contributed by atoms with Gasteiger partial charge in [0.05, 0.1) is 10.6 Å². The molecule has 5 nitrogen and oxygen atoms in total. The summed E-state index contributed by atoms with van der Waals surface area (Å²) in [6.07, 6.45) is 1.08. The maximum Gasteiger partial charge on any atom is 0.255 e. The zero-order chi connectivity index (χ0) is 14.8. The van der Waals surface area contributed by atoms with Gasteiger partial charge in [0.15, 0.2) is 9.84 Å². The first kappa shape index (κ1) is 14.1. The van der Waals surface area contributed by atoms with Crippen LogP contribution in [-0.2, 0) is 9.84 Å². The maximum absolute atomic E-state index is 12.0. The number of amides is 1. The van der Waals surface area contributed by atoms with E-state index < -0.39 is 15.7 Å². The molecule has 1 amide bonds. The van der Waals surface area contributed by atoms with Crippen LogP contribution in [0.1, 0.15) is 10.4 Å². The number of phenols is 1. The first-order valence-electron chi connectivity index (χ1n) is 5.77. The van der Waals surface area contributed by atoms with Crippen LogP contribution >= 0.6 is 0 Å². The number of nitrogens with one attached hydrogen (secondary N) is 1. The van der Waals surface area contributed by atoms with Gasteiger partial charge in [0.2, 0.25) is 0 Å². The zero-order valence-electron chi connectivity index (χ0n) is 10.7. The van der Waals surface area contributed by atoms with Crippen LogP contribution in [0.2, 0.25) is 0 Å². The number of hydrogen-bond donors (Lipinski definition) is 2. The van der Waals surface area contributed by atoms with Crippen LogP contribution in [0.15, 0.2) is 53.4 Å². The summed E-state index contributed by atoms with van der Waals surface area (Å²) < 4.78 is 22.9. The Labute approximate surface area is 116 Å². The molecule has 2 N–H and O–H groups in total. The molecular formula is C14H13NO4S. The van der Waals surface area contributed by atoms with Crippen LogP contribution in [0.5, 0.6) is 5.75 Å². The molecule has 0 spiro atoms. The molecule has 0 unspecified atom stereocenters. The molecule has 2 aromatic rings. The highest BCUT2D eigenvalue weighted by Gasteiger charge is 2.12. The largest absolute Gasteiger partial charge is 0.506 e. The highest BCUT2D eigenvalue weighted by molar-refractivity contribution is 7.90. The average molecular weight is 291 g/mol. The Morgan fingerprint density at radius 3 is 2.45 bits per heavy atom. The first-order chi connectivity index (χ1) is 9.38. The minimum atomic E-state index is -3.37. The molecule has 20 heavy (non-hydrogen) atoms. The Bertz CT molecular complexity index is 753. The van der Waals surface area contributed by atoms with E-state index in [2.05, 4.69) is 5.32 Å². The molecule has 0 aliphatic rings. The lowest BCUT2D eigenvalue weighted by atomic mass is 10.2. The molecule has 2 aromatic carbocycles. The minimum Gasteiger partial charge on any atom is -0.506 e. The van der Waals surface area contributed by atoms with E-state index in [1.165, 1.54) is 30.3 Å².